The molecule has 3 aromatic rings. The number of esters is 1. The fourth-order valence-corrected chi connectivity index (χ4v) is 3.37. The van der Waals surface area contributed by atoms with Crippen molar-refractivity contribution in [1.82, 2.24) is 9.55 Å². The highest BCUT2D eigenvalue weighted by molar-refractivity contribution is 5.80. The number of nitrogens with zero attached hydrogens (tertiary/aromatic N) is 2. The van der Waals surface area contributed by atoms with Gasteiger partial charge < -0.3 is 9.84 Å². The van der Waals surface area contributed by atoms with Crippen LogP contribution in [0.4, 0.5) is 0 Å². The van der Waals surface area contributed by atoms with Crippen LogP contribution in [0.15, 0.2) is 53.3 Å². The van der Waals surface area contributed by atoms with Crippen molar-refractivity contribution in [1.29, 1.82) is 0 Å². The van der Waals surface area contributed by atoms with Crippen molar-refractivity contribution in [3.05, 3.63) is 70.3 Å². The molecule has 1 N–H and O–H groups in total. The van der Waals surface area contributed by atoms with Crippen molar-refractivity contribution in [3.8, 4) is 5.69 Å². The molecule has 1 aromatic heterocycles. The number of hydrogen-bond acceptors (Lipinski definition) is 5. The molecule has 0 amide bonds. The minimum absolute atomic E-state index is 0.144. The summed E-state index contributed by atoms with van der Waals surface area (Å²) in [4.78, 5) is 29.6. The van der Waals surface area contributed by atoms with E-state index in [4.69, 9.17) is 4.74 Å². The van der Waals surface area contributed by atoms with Gasteiger partial charge in [-0.1, -0.05) is 30.3 Å². The third kappa shape index (κ3) is 2.18. The van der Waals surface area contributed by atoms with Crippen molar-refractivity contribution in [2.75, 3.05) is 6.61 Å². The van der Waals surface area contributed by atoms with Crippen LogP contribution in [-0.2, 0) is 15.1 Å². The first kappa shape index (κ1) is 15.5. The summed E-state index contributed by atoms with van der Waals surface area (Å²) in [6, 6.07) is 13.9. The quantitative estimate of drug-likeness (QED) is 0.739. The van der Waals surface area contributed by atoms with Gasteiger partial charge in [0, 0.05) is 5.56 Å². The van der Waals surface area contributed by atoms with Gasteiger partial charge in [0.2, 0.25) is 0 Å². The standard InChI is InChI=1S/C19H16N2O4/c1-2-25-16(22)11-19(24)13-8-4-6-10-15(13)21-17(23)12-7-3-5-9-14(12)20-18(19)21/h3-10,24H,2,11H2,1H3. The molecule has 2 aromatic carbocycles. The number of ether oxygens (including phenoxy) is 1. The molecule has 1 atom stereocenters. The summed E-state index contributed by atoms with van der Waals surface area (Å²) in [5.41, 5.74) is -0.483. The summed E-state index contributed by atoms with van der Waals surface area (Å²) in [7, 11) is 0. The first-order valence-corrected chi connectivity index (χ1v) is 8.06. The lowest BCUT2D eigenvalue weighted by atomic mass is 9.91. The smallest absolute Gasteiger partial charge is 0.309 e. The second-order valence-corrected chi connectivity index (χ2v) is 5.95. The van der Waals surface area contributed by atoms with Crippen LogP contribution in [0.5, 0.6) is 0 Å². The molecule has 1 unspecified atom stereocenters. The maximum Gasteiger partial charge on any atom is 0.309 e. The first-order valence-electron chi connectivity index (χ1n) is 8.06. The summed E-state index contributed by atoms with van der Waals surface area (Å²) >= 11 is 0. The molecular formula is C19H16N2O4. The molecule has 1 aliphatic heterocycles. The van der Waals surface area contributed by atoms with Crippen LogP contribution >= 0.6 is 0 Å². The average molecular weight is 336 g/mol. The van der Waals surface area contributed by atoms with Crippen molar-refractivity contribution in [2.24, 2.45) is 0 Å². The Morgan fingerprint density at radius 2 is 1.92 bits per heavy atom. The van der Waals surface area contributed by atoms with E-state index < -0.39 is 11.6 Å². The fourth-order valence-electron chi connectivity index (χ4n) is 3.37. The van der Waals surface area contributed by atoms with E-state index in [0.717, 1.165) is 0 Å². The topological polar surface area (TPSA) is 81.4 Å². The van der Waals surface area contributed by atoms with Gasteiger partial charge in [-0.2, -0.15) is 0 Å². The molecule has 0 radical (unpaired) electrons. The number of carbonyl (C=O) groups excluding carboxylic acids is 1. The lowest BCUT2D eigenvalue weighted by molar-refractivity contribution is -0.147. The molecular weight excluding hydrogens is 320 g/mol. The van der Waals surface area contributed by atoms with E-state index in [1.807, 2.05) is 0 Å². The first-order chi connectivity index (χ1) is 12.1. The number of fused-ring (bicyclic) bond motifs is 4. The van der Waals surface area contributed by atoms with Gasteiger partial charge >= 0.3 is 5.97 Å². The summed E-state index contributed by atoms with van der Waals surface area (Å²) in [5, 5.41) is 11.8. The van der Waals surface area contributed by atoms with E-state index in [1.54, 1.807) is 55.5 Å². The molecule has 0 fully saturated rings. The monoisotopic (exact) mass is 336 g/mol. The molecule has 0 bridgehead atoms. The highest BCUT2D eigenvalue weighted by Gasteiger charge is 2.46. The van der Waals surface area contributed by atoms with Crippen LogP contribution in [0.2, 0.25) is 0 Å². The molecule has 0 saturated carbocycles. The second-order valence-electron chi connectivity index (χ2n) is 5.95. The second kappa shape index (κ2) is 5.53. The van der Waals surface area contributed by atoms with Gasteiger partial charge in [-0.15, -0.1) is 0 Å². The van der Waals surface area contributed by atoms with Crippen LogP contribution in [0.25, 0.3) is 16.6 Å². The summed E-state index contributed by atoms with van der Waals surface area (Å²) < 4.78 is 6.39. The molecule has 126 valence electrons. The Morgan fingerprint density at radius 3 is 2.72 bits per heavy atom. The zero-order chi connectivity index (χ0) is 17.6. The van der Waals surface area contributed by atoms with E-state index in [2.05, 4.69) is 4.98 Å². The molecule has 0 aliphatic carbocycles. The van der Waals surface area contributed by atoms with Gasteiger partial charge in [0.15, 0.2) is 11.4 Å². The lowest BCUT2D eigenvalue weighted by Gasteiger charge is -2.22. The van der Waals surface area contributed by atoms with E-state index in [0.29, 0.717) is 22.2 Å². The number of hydrogen-bond donors (Lipinski definition) is 1. The molecule has 6 nitrogen and oxygen atoms in total. The average Bonchev–Trinajstić information content (AvgIpc) is 2.85. The molecule has 1 aliphatic rings. The van der Waals surface area contributed by atoms with Crippen LogP contribution in [-0.4, -0.2) is 27.2 Å². The number of benzene rings is 2. The summed E-state index contributed by atoms with van der Waals surface area (Å²) in [6.45, 7) is 1.92. The lowest BCUT2D eigenvalue weighted by Crippen LogP contribution is -2.33. The Balaban J connectivity index is 2.03. The van der Waals surface area contributed by atoms with Crippen molar-refractivity contribution < 1.29 is 14.6 Å². The van der Waals surface area contributed by atoms with Gasteiger partial charge in [0.25, 0.3) is 5.56 Å². The Bertz CT molecular complexity index is 1060. The van der Waals surface area contributed by atoms with Crippen molar-refractivity contribution in [3.63, 3.8) is 0 Å². The predicted octanol–water partition coefficient (Wildman–Crippen LogP) is 1.89. The predicted molar refractivity (Wildman–Crippen MR) is 91.6 cm³/mol. The van der Waals surface area contributed by atoms with Crippen LogP contribution in [0.3, 0.4) is 0 Å². The fraction of sp³-hybridized carbons (Fsp3) is 0.211. The van der Waals surface area contributed by atoms with Gasteiger partial charge in [0.05, 0.1) is 29.6 Å². The highest BCUT2D eigenvalue weighted by atomic mass is 16.5. The highest BCUT2D eigenvalue weighted by Crippen LogP contribution is 2.41. The Hall–Kier alpha value is -2.99. The van der Waals surface area contributed by atoms with Gasteiger partial charge in [-0.3, -0.25) is 14.2 Å². The van der Waals surface area contributed by atoms with Gasteiger partial charge in [-0.25, -0.2) is 4.98 Å². The third-order valence-electron chi connectivity index (χ3n) is 4.44. The zero-order valence-corrected chi connectivity index (χ0v) is 13.6. The SMILES string of the molecule is CCOC(=O)CC1(O)c2ccccc2-n2c1nc1ccccc1c2=O. The maximum absolute atomic E-state index is 13.0. The number of aromatic nitrogens is 2. The third-order valence-corrected chi connectivity index (χ3v) is 4.44. The number of aliphatic hydroxyl groups is 1. The van der Waals surface area contributed by atoms with Gasteiger partial charge in [0.1, 0.15) is 0 Å². The molecule has 6 heteroatoms. The molecule has 0 spiro atoms. The van der Waals surface area contributed by atoms with Crippen LogP contribution in [0, 0.1) is 0 Å². The van der Waals surface area contributed by atoms with E-state index in [1.165, 1.54) is 4.57 Å². The van der Waals surface area contributed by atoms with Crippen LogP contribution in [0.1, 0.15) is 24.7 Å². The van der Waals surface area contributed by atoms with Gasteiger partial charge in [-0.05, 0) is 25.1 Å². The van der Waals surface area contributed by atoms with Crippen molar-refractivity contribution in [2.45, 2.75) is 18.9 Å². The van der Waals surface area contributed by atoms with Crippen molar-refractivity contribution >= 4 is 16.9 Å². The number of carbonyl (C=O) groups is 1. The van der Waals surface area contributed by atoms with E-state index in [9.17, 15) is 14.7 Å². The summed E-state index contributed by atoms with van der Waals surface area (Å²) in [6.07, 6.45) is -0.303. The minimum Gasteiger partial charge on any atom is -0.466 e. The number of para-hydroxylation sites is 2. The molecule has 25 heavy (non-hydrogen) atoms. The van der Waals surface area contributed by atoms with E-state index >= 15 is 0 Å². The largest absolute Gasteiger partial charge is 0.466 e. The minimum atomic E-state index is -1.70. The Morgan fingerprint density at radius 1 is 1.20 bits per heavy atom. The number of rotatable bonds is 3. The molecule has 0 saturated heterocycles. The normalized spacial score (nSPS) is 18.0. The van der Waals surface area contributed by atoms with E-state index in [-0.39, 0.29) is 24.4 Å². The maximum atomic E-state index is 13.0. The Kier molecular flexibility index (Phi) is 3.43. The Labute approximate surface area is 143 Å². The molecule has 4 rings (SSSR count). The summed E-state index contributed by atoms with van der Waals surface area (Å²) in [5.74, 6) is -0.402. The zero-order valence-electron chi connectivity index (χ0n) is 13.6. The van der Waals surface area contributed by atoms with Crippen LogP contribution < -0.4 is 5.56 Å². The molecule has 2 heterocycles.